The molecule has 0 radical (unpaired) electrons. The molecular weight excluding hydrogens is 314 g/mol. The van der Waals surface area contributed by atoms with Crippen molar-refractivity contribution in [2.45, 2.75) is 44.8 Å². The molecule has 2 atom stereocenters. The minimum Gasteiger partial charge on any atom is -0.373 e. The largest absolute Gasteiger partial charge is 0.373 e. The smallest absolute Gasteiger partial charge is 0.0896 e. The molecule has 6 nitrogen and oxygen atoms in total. The Kier molecular flexibility index (Phi) is 4.90. The van der Waals surface area contributed by atoms with E-state index in [1.165, 1.54) is 37.2 Å². The van der Waals surface area contributed by atoms with Crippen LogP contribution in [-0.4, -0.2) is 50.7 Å². The summed E-state index contributed by atoms with van der Waals surface area (Å²) >= 11 is 0. The molecule has 0 unspecified atom stereocenters. The molecule has 0 bridgehead atoms. The van der Waals surface area contributed by atoms with Gasteiger partial charge in [0.25, 0.3) is 0 Å². The summed E-state index contributed by atoms with van der Waals surface area (Å²) in [7, 11) is 1.97. The number of likely N-dealkylation sites (tertiary alicyclic amines) is 1. The van der Waals surface area contributed by atoms with Crippen LogP contribution in [-0.2, 0) is 18.3 Å². The van der Waals surface area contributed by atoms with E-state index in [1.807, 2.05) is 24.1 Å². The number of nitrogens with zero attached hydrogens (tertiary/aromatic N) is 5. The van der Waals surface area contributed by atoms with Gasteiger partial charge in [-0.05, 0) is 45.3 Å². The SMILES string of the molecule is CCn1nccc1C1CCN(C[C@H]2CCO[C@@H]2c2cnn(C)c2)CC1. The lowest BCUT2D eigenvalue weighted by Gasteiger charge is -2.34. The maximum absolute atomic E-state index is 6.03. The van der Waals surface area contributed by atoms with Crippen molar-refractivity contribution in [1.82, 2.24) is 24.5 Å². The highest BCUT2D eigenvalue weighted by Crippen LogP contribution is 2.36. The number of ether oxygens (including phenoxy) is 1. The molecule has 2 aliphatic heterocycles. The average molecular weight is 343 g/mol. The highest BCUT2D eigenvalue weighted by atomic mass is 16.5. The van der Waals surface area contributed by atoms with Crippen molar-refractivity contribution in [3.8, 4) is 0 Å². The fourth-order valence-electron chi connectivity index (χ4n) is 4.47. The van der Waals surface area contributed by atoms with E-state index in [2.05, 4.69) is 39.0 Å². The molecule has 4 heterocycles. The fraction of sp³-hybridized carbons (Fsp3) is 0.684. The van der Waals surface area contributed by atoms with Crippen LogP contribution < -0.4 is 0 Å². The van der Waals surface area contributed by atoms with Gasteiger partial charge in [-0.1, -0.05) is 0 Å². The Balaban J connectivity index is 1.34. The normalized spacial score (nSPS) is 25.7. The first-order valence-electron chi connectivity index (χ1n) is 9.58. The zero-order chi connectivity index (χ0) is 17.2. The Morgan fingerprint density at radius 1 is 1.20 bits per heavy atom. The lowest BCUT2D eigenvalue weighted by molar-refractivity contribution is 0.0736. The molecule has 2 aliphatic rings. The van der Waals surface area contributed by atoms with Crippen LogP contribution in [0.25, 0.3) is 0 Å². The molecule has 2 aromatic heterocycles. The summed E-state index contributed by atoms with van der Waals surface area (Å²) in [6.07, 6.45) is 9.84. The van der Waals surface area contributed by atoms with Gasteiger partial charge in [0.05, 0.1) is 12.3 Å². The molecule has 2 saturated heterocycles. The number of aromatic nitrogens is 4. The molecule has 136 valence electrons. The van der Waals surface area contributed by atoms with E-state index in [4.69, 9.17) is 4.74 Å². The predicted octanol–water partition coefficient (Wildman–Crippen LogP) is 2.59. The number of piperidine rings is 1. The van der Waals surface area contributed by atoms with E-state index >= 15 is 0 Å². The van der Waals surface area contributed by atoms with Gasteiger partial charge in [0.2, 0.25) is 0 Å². The fourth-order valence-corrected chi connectivity index (χ4v) is 4.47. The van der Waals surface area contributed by atoms with Gasteiger partial charge in [-0.25, -0.2) is 0 Å². The highest BCUT2D eigenvalue weighted by molar-refractivity contribution is 5.12. The van der Waals surface area contributed by atoms with E-state index in [9.17, 15) is 0 Å². The van der Waals surface area contributed by atoms with Gasteiger partial charge in [-0.3, -0.25) is 9.36 Å². The van der Waals surface area contributed by atoms with Crippen LogP contribution in [0.15, 0.2) is 24.7 Å². The van der Waals surface area contributed by atoms with Crippen LogP contribution in [0.1, 0.15) is 49.5 Å². The lowest BCUT2D eigenvalue weighted by atomic mass is 9.91. The Morgan fingerprint density at radius 2 is 2.04 bits per heavy atom. The van der Waals surface area contributed by atoms with E-state index < -0.39 is 0 Å². The quantitative estimate of drug-likeness (QED) is 0.837. The molecule has 2 aromatic rings. The third kappa shape index (κ3) is 3.51. The second-order valence-corrected chi connectivity index (χ2v) is 7.43. The maximum Gasteiger partial charge on any atom is 0.0896 e. The average Bonchev–Trinajstić information content (AvgIpc) is 3.35. The van der Waals surface area contributed by atoms with Gasteiger partial charge in [0.15, 0.2) is 0 Å². The first-order chi connectivity index (χ1) is 12.2. The van der Waals surface area contributed by atoms with Crippen molar-refractivity contribution in [3.63, 3.8) is 0 Å². The second kappa shape index (κ2) is 7.30. The van der Waals surface area contributed by atoms with Crippen LogP contribution in [0, 0.1) is 5.92 Å². The molecule has 0 spiro atoms. The number of hydrogen-bond acceptors (Lipinski definition) is 4. The zero-order valence-electron chi connectivity index (χ0n) is 15.3. The van der Waals surface area contributed by atoms with E-state index in [0.717, 1.165) is 26.1 Å². The van der Waals surface area contributed by atoms with Gasteiger partial charge < -0.3 is 9.64 Å². The summed E-state index contributed by atoms with van der Waals surface area (Å²) in [5.41, 5.74) is 2.64. The Labute approximate surface area is 149 Å². The van der Waals surface area contributed by atoms with E-state index in [0.29, 0.717) is 11.8 Å². The third-order valence-corrected chi connectivity index (χ3v) is 5.82. The standard InChI is InChI=1S/C19H29N5O/c1-3-24-18(4-8-20-24)15-5-9-23(10-6-15)14-16-7-11-25-19(16)17-12-21-22(2)13-17/h4,8,12-13,15-16,19H,3,5-7,9-11,14H2,1-2H3/t16-,19+/m1/s1. The second-order valence-electron chi connectivity index (χ2n) is 7.43. The van der Waals surface area contributed by atoms with E-state index in [-0.39, 0.29) is 6.10 Å². The molecular formula is C19H29N5O. The molecule has 0 saturated carbocycles. The Bertz CT molecular complexity index is 686. The van der Waals surface area contributed by atoms with Crippen molar-refractivity contribution in [3.05, 3.63) is 35.9 Å². The third-order valence-electron chi connectivity index (χ3n) is 5.82. The molecule has 0 N–H and O–H groups in total. The topological polar surface area (TPSA) is 48.1 Å². The zero-order valence-corrected chi connectivity index (χ0v) is 15.3. The summed E-state index contributed by atoms with van der Waals surface area (Å²) in [5.74, 6) is 1.24. The van der Waals surface area contributed by atoms with Gasteiger partial charge >= 0.3 is 0 Å². The summed E-state index contributed by atoms with van der Waals surface area (Å²) in [4.78, 5) is 2.63. The first kappa shape index (κ1) is 16.8. The first-order valence-corrected chi connectivity index (χ1v) is 9.58. The molecule has 0 amide bonds. The Hall–Kier alpha value is -1.66. The van der Waals surface area contributed by atoms with Crippen molar-refractivity contribution >= 4 is 0 Å². The molecule has 0 aromatic carbocycles. The number of aryl methyl sites for hydroxylation is 2. The summed E-state index contributed by atoms with van der Waals surface area (Å²) in [6.45, 7) is 7.50. The summed E-state index contributed by atoms with van der Waals surface area (Å²) in [5, 5.41) is 8.75. The summed E-state index contributed by atoms with van der Waals surface area (Å²) < 4.78 is 10.1. The van der Waals surface area contributed by atoms with Crippen LogP contribution >= 0.6 is 0 Å². The van der Waals surface area contributed by atoms with E-state index in [1.54, 1.807) is 0 Å². The monoisotopic (exact) mass is 343 g/mol. The lowest BCUT2D eigenvalue weighted by Crippen LogP contribution is -2.37. The minimum absolute atomic E-state index is 0.216. The van der Waals surface area contributed by atoms with Crippen LogP contribution in [0.3, 0.4) is 0 Å². The van der Waals surface area contributed by atoms with Crippen molar-refractivity contribution in [2.24, 2.45) is 13.0 Å². The predicted molar refractivity (Wildman–Crippen MR) is 96.3 cm³/mol. The van der Waals surface area contributed by atoms with Crippen molar-refractivity contribution < 1.29 is 4.74 Å². The molecule has 4 rings (SSSR count). The van der Waals surface area contributed by atoms with Crippen molar-refractivity contribution in [1.29, 1.82) is 0 Å². The van der Waals surface area contributed by atoms with Crippen LogP contribution in [0.4, 0.5) is 0 Å². The minimum atomic E-state index is 0.216. The van der Waals surface area contributed by atoms with Gasteiger partial charge in [-0.2, -0.15) is 10.2 Å². The molecule has 25 heavy (non-hydrogen) atoms. The van der Waals surface area contributed by atoms with Crippen LogP contribution in [0.5, 0.6) is 0 Å². The van der Waals surface area contributed by atoms with Gasteiger partial charge in [0.1, 0.15) is 0 Å². The molecule has 6 heteroatoms. The maximum atomic E-state index is 6.03. The van der Waals surface area contributed by atoms with Crippen molar-refractivity contribution in [2.75, 3.05) is 26.2 Å². The Morgan fingerprint density at radius 3 is 2.76 bits per heavy atom. The molecule has 2 fully saturated rings. The van der Waals surface area contributed by atoms with Gasteiger partial charge in [0, 0.05) is 62.2 Å². The highest BCUT2D eigenvalue weighted by Gasteiger charge is 2.33. The van der Waals surface area contributed by atoms with Gasteiger partial charge in [-0.15, -0.1) is 0 Å². The number of rotatable bonds is 5. The van der Waals surface area contributed by atoms with Crippen LogP contribution in [0.2, 0.25) is 0 Å². The molecule has 0 aliphatic carbocycles. The summed E-state index contributed by atoms with van der Waals surface area (Å²) in [6, 6.07) is 2.20. The number of hydrogen-bond donors (Lipinski definition) is 0.